The SMILES string of the molecule is Fc1cc(F)c(-c2[nH]nc3ncc(Cl)cc23)nc1NC1CC2CCC1CC2.O=CO. The van der Waals surface area contributed by atoms with Crippen molar-refractivity contribution in [1.29, 1.82) is 0 Å². The molecule has 3 heterocycles. The van der Waals surface area contributed by atoms with E-state index in [2.05, 4.69) is 25.5 Å². The number of halogens is 3. The summed E-state index contributed by atoms with van der Waals surface area (Å²) in [7, 11) is 0. The maximum Gasteiger partial charge on any atom is 0.290 e. The number of hydrogen-bond acceptors (Lipinski definition) is 5. The van der Waals surface area contributed by atoms with E-state index in [1.165, 1.54) is 19.0 Å². The molecule has 0 aliphatic heterocycles. The molecule has 10 heteroatoms. The van der Waals surface area contributed by atoms with Crippen LogP contribution in [0, 0.1) is 23.5 Å². The van der Waals surface area contributed by atoms with E-state index in [1.54, 1.807) is 6.07 Å². The molecular weight excluding hydrogens is 416 g/mol. The molecule has 3 aliphatic carbocycles. The zero-order chi connectivity index (χ0) is 21.3. The van der Waals surface area contributed by atoms with Gasteiger partial charge < -0.3 is 10.4 Å². The molecule has 0 saturated heterocycles. The van der Waals surface area contributed by atoms with Crippen molar-refractivity contribution in [2.24, 2.45) is 11.8 Å². The van der Waals surface area contributed by atoms with Crippen LogP contribution in [-0.2, 0) is 4.79 Å². The Morgan fingerprint density at radius 1 is 1.20 bits per heavy atom. The zero-order valence-electron chi connectivity index (χ0n) is 15.9. The van der Waals surface area contributed by atoms with Crippen LogP contribution in [0.3, 0.4) is 0 Å². The topological polar surface area (TPSA) is 104 Å². The third-order valence-electron chi connectivity index (χ3n) is 5.91. The van der Waals surface area contributed by atoms with Gasteiger partial charge >= 0.3 is 0 Å². The fraction of sp³-hybridized carbons (Fsp3) is 0.400. The number of aromatic nitrogens is 4. The smallest absolute Gasteiger partial charge is 0.290 e. The number of anilines is 1. The molecular formula is C20H20ClF2N5O2. The number of carbonyl (C=O) groups is 1. The van der Waals surface area contributed by atoms with Crippen molar-refractivity contribution in [3.05, 3.63) is 35.0 Å². The summed E-state index contributed by atoms with van der Waals surface area (Å²) in [6, 6.07) is 2.70. The third kappa shape index (κ3) is 3.94. The van der Waals surface area contributed by atoms with Gasteiger partial charge in [0.05, 0.1) is 10.7 Å². The summed E-state index contributed by atoms with van der Waals surface area (Å²) in [5.41, 5.74) is 0.746. The number of nitrogens with zero attached hydrogens (tertiary/aromatic N) is 3. The number of pyridine rings is 2. The molecule has 3 fully saturated rings. The van der Waals surface area contributed by atoms with E-state index in [4.69, 9.17) is 21.5 Å². The van der Waals surface area contributed by atoms with E-state index in [-0.39, 0.29) is 24.0 Å². The van der Waals surface area contributed by atoms with E-state index in [0.717, 1.165) is 25.3 Å². The Bertz CT molecular complexity index is 1070. The Balaban J connectivity index is 0.000000687. The van der Waals surface area contributed by atoms with Crippen LogP contribution < -0.4 is 5.32 Å². The van der Waals surface area contributed by atoms with Crippen LogP contribution in [0.4, 0.5) is 14.6 Å². The van der Waals surface area contributed by atoms with Gasteiger partial charge in [-0.05, 0) is 37.2 Å². The van der Waals surface area contributed by atoms with Crippen LogP contribution in [0.2, 0.25) is 5.02 Å². The largest absolute Gasteiger partial charge is 0.483 e. The molecule has 0 spiro atoms. The van der Waals surface area contributed by atoms with Crippen LogP contribution in [0.15, 0.2) is 18.3 Å². The normalized spacial score (nSPS) is 22.4. The van der Waals surface area contributed by atoms with Gasteiger partial charge in [-0.2, -0.15) is 5.10 Å². The van der Waals surface area contributed by atoms with E-state index in [1.807, 2.05) is 0 Å². The molecule has 3 aromatic rings. The van der Waals surface area contributed by atoms with Gasteiger partial charge in [-0.25, -0.2) is 18.7 Å². The Labute approximate surface area is 175 Å². The highest BCUT2D eigenvalue weighted by Gasteiger charge is 2.36. The number of aromatic amines is 1. The second kappa shape index (κ2) is 8.51. The lowest BCUT2D eigenvalue weighted by atomic mass is 9.68. The van der Waals surface area contributed by atoms with Gasteiger partial charge in [-0.1, -0.05) is 24.4 Å². The summed E-state index contributed by atoms with van der Waals surface area (Å²) in [4.78, 5) is 16.7. The molecule has 30 heavy (non-hydrogen) atoms. The van der Waals surface area contributed by atoms with E-state index < -0.39 is 11.6 Å². The van der Waals surface area contributed by atoms with Crippen LogP contribution in [0.1, 0.15) is 32.1 Å². The lowest BCUT2D eigenvalue weighted by molar-refractivity contribution is -0.122. The predicted octanol–water partition coefficient (Wildman–Crippen LogP) is 4.64. The van der Waals surface area contributed by atoms with E-state index >= 15 is 0 Å². The van der Waals surface area contributed by atoms with Crippen molar-refractivity contribution in [3.8, 4) is 11.4 Å². The molecule has 1 unspecified atom stereocenters. The number of fused-ring (bicyclic) bond motifs is 4. The average molecular weight is 436 g/mol. The molecule has 158 valence electrons. The molecule has 3 saturated carbocycles. The summed E-state index contributed by atoms with van der Waals surface area (Å²) in [6.45, 7) is -0.250. The molecule has 2 bridgehead atoms. The maximum atomic E-state index is 14.5. The van der Waals surface area contributed by atoms with E-state index in [0.29, 0.717) is 33.6 Å². The Kier molecular flexibility index (Phi) is 5.80. The van der Waals surface area contributed by atoms with Crippen LogP contribution in [0.25, 0.3) is 22.4 Å². The Hall–Kier alpha value is -2.81. The van der Waals surface area contributed by atoms with Crippen molar-refractivity contribution in [3.63, 3.8) is 0 Å². The first-order valence-corrected chi connectivity index (χ1v) is 10.1. The minimum absolute atomic E-state index is 0.00596. The van der Waals surface area contributed by atoms with Crippen LogP contribution in [0.5, 0.6) is 0 Å². The lowest BCUT2D eigenvalue weighted by Gasteiger charge is -2.42. The van der Waals surface area contributed by atoms with Gasteiger partial charge in [0, 0.05) is 23.7 Å². The monoisotopic (exact) mass is 435 g/mol. The van der Waals surface area contributed by atoms with Gasteiger partial charge in [0.2, 0.25) is 0 Å². The maximum absolute atomic E-state index is 14.5. The quantitative estimate of drug-likeness (QED) is 0.517. The summed E-state index contributed by atoms with van der Waals surface area (Å²) < 4.78 is 28.9. The predicted molar refractivity (Wildman–Crippen MR) is 108 cm³/mol. The fourth-order valence-corrected chi connectivity index (χ4v) is 4.69. The van der Waals surface area contributed by atoms with Crippen molar-refractivity contribution >= 4 is 34.9 Å². The van der Waals surface area contributed by atoms with Crippen molar-refractivity contribution in [2.45, 2.75) is 38.1 Å². The standard InChI is InChI=1S/C19H18ClF2N5.CH2O2/c20-11-6-12-16(26-27-18(12)23-8-11)17-13(21)7-14(22)19(25-17)24-15-5-9-1-3-10(15)4-2-9;2-1-3/h6-10,15H,1-5H2,(H,24,25)(H,23,26,27);1H,(H,2,3). The Morgan fingerprint density at radius 3 is 2.60 bits per heavy atom. The fourth-order valence-electron chi connectivity index (χ4n) is 4.53. The Morgan fingerprint density at radius 2 is 1.93 bits per heavy atom. The number of rotatable bonds is 3. The first-order chi connectivity index (χ1) is 14.5. The van der Waals surface area contributed by atoms with Gasteiger partial charge in [0.1, 0.15) is 5.69 Å². The second-order valence-corrected chi connectivity index (χ2v) is 8.08. The number of carboxylic acid groups (broad SMARTS) is 1. The molecule has 3 aromatic heterocycles. The molecule has 3 aliphatic rings. The summed E-state index contributed by atoms with van der Waals surface area (Å²) in [6.07, 6.45) is 7.31. The van der Waals surface area contributed by atoms with Gasteiger partial charge in [0.15, 0.2) is 23.1 Å². The second-order valence-electron chi connectivity index (χ2n) is 7.65. The van der Waals surface area contributed by atoms with Crippen LogP contribution in [-0.4, -0.2) is 37.8 Å². The summed E-state index contributed by atoms with van der Waals surface area (Å²) in [5, 5.41) is 17.9. The molecule has 6 rings (SSSR count). The van der Waals surface area contributed by atoms with Gasteiger partial charge in [-0.15, -0.1) is 0 Å². The lowest BCUT2D eigenvalue weighted by Crippen LogP contribution is -2.40. The highest BCUT2D eigenvalue weighted by atomic mass is 35.5. The highest BCUT2D eigenvalue weighted by Crippen LogP contribution is 2.42. The minimum atomic E-state index is -0.756. The van der Waals surface area contributed by atoms with E-state index in [9.17, 15) is 8.78 Å². The van der Waals surface area contributed by atoms with Crippen molar-refractivity contribution in [1.82, 2.24) is 20.2 Å². The summed E-state index contributed by atoms with van der Waals surface area (Å²) in [5.74, 6) is -0.131. The zero-order valence-corrected chi connectivity index (χ0v) is 16.7. The number of nitrogens with one attached hydrogen (secondary N) is 2. The summed E-state index contributed by atoms with van der Waals surface area (Å²) >= 11 is 6.01. The first kappa shape index (κ1) is 20.5. The molecule has 0 radical (unpaired) electrons. The van der Waals surface area contributed by atoms with Crippen LogP contribution >= 0.6 is 11.6 Å². The molecule has 3 N–H and O–H groups in total. The molecule has 7 nitrogen and oxygen atoms in total. The third-order valence-corrected chi connectivity index (χ3v) is 6.12. The molecule has 0 aromatic carbocycles. The number of H-pyrrole nitrogens is 1. The molecule has 1 atom stereocenters. The average Bonchev–Trinajstić information content (AvgIpc) is 3.14. The first-order valence-electron chi connectivity index (χ1n) is 9.70. The highest BCUT2D eigenvalue weighted by molar-refractivity contribution is 6.31. The number of hydrogen-bond donors (Lipinski definition) is 3. The van der Waals surface area contributed by atoms with Crippen molar-refractivity contribution in [2.75, 3.05) is 5.32 Å². The van der Waals surface area contributed by atoms with Gasteiger partial charge in [-0.3, -0.25) is 9.89 Å². The van der Waals surface area contributed by atoms with Gasteiger partial charge in [0.25, 0.3) is 6.47 Å². The molecule has 0 amide bonds. The minimum Gasteiger partial charge on any atom is -0.483 e. The van der Waals surface area contributed by atoms with Crippen molar-refractivity contribution < 1.29 is 18.7 Å².